The van der Waals surface area contributed by atoms with Crippen LogP contribution in [0.5, 0.6) is 5.75 Å². The zero-order valence-electron chi connectivity index (χ0n) is 10.2. The molecule has 0 bridgehead atoms. The fourth-order valence-electron chi connectivity index (χ4n) is 1.36. The van der Waals surface area contributed by atoms with Crippen molar-refractivity contribution in [3.8, 4) is 5.75 Å². The molecule has 0 amide bonds. The van der Waals surface area contributed by atoms with Crippen LogP contribution in [0.3, 0.4) is 0 Å². The molecule has 0 spiro atoms. The molecule has 0 aliphatic carbocycles. The van der Waals surface area contributed by atoms with Crippen molar-refractivity contribution in [3.05, 3.63) is 29.8 Å². The third-order valence-electron chi connectivity index (χ3n) is 2.25. The number of methoxy groups -OCH3 is 1. The van der Waals surface area contributed by atoms with Gasteiger partial charge in [0, 0.05) is 7.11 Å². The van der Waals surface area contributed by atoms with Gasteiger partial charge in [0.15, 0.2) is 0 Å². The molecule has 4 nitrogen and oxygen atoms in total. The zero-order chi connectivity index (χ0) is 12.3. The Kier molecular flexibility index (Phi) is 7.38. The second-order valence-electron chi connectivity index (χ2n) is 3.57. The molecule has 1 aromatic carbocycles. The summed E-state index contributed by atoms with van der Waals surface area (Å²) < 4.78 is 15.6. The topological polar surface area (TPSA) is 47.9 Å². The van der Waals surface area contributed by atoms with Gasteiger partial charge in [0.25, 0.3) is 0 Å². The van der Waals surface area contributed by atoms with Gasteiger partial charge in [0.05, 0.1) is 26.4 Å². The van der Waals surface area contributed by atoms with Gasteiger partial charge < -0.3 is 19.3 Å². The van der Waals surface area contributed by atoms with Crippen molar-refractivity contribution in [1.29, 1.82) is 0 Å². The smallest absolute Gasteiger partial charge is 0.119 e. The monoisotopic (exact) mass is 240 g/mol. The quantitative estimate of drug-likeness (QED) is 0.660. The maximum absolute atomic E-state index is 8.51. The molecule has 17 heavy (non-hydrogen) atoms. The van der Waals surface area contributed by atoms with Gasteiger partial charge in [0.2, 0.25) is 0 Å². The largest absolute Gasteiger partial charge is 0.491 e. The molecule has 0 heterocycles. The van der Waals surface area contributed by atoms with E-state index in [1.54, 1.807) is 7.11 Å². The highest BCUT2D eigenvalue weighted by Gasteiger charge is 1.96. The van der Waals surface area contributed by atoms with Crippen LogP contribution in [-0.4, -0.2) is 45.3 Å². The summed E-state index contributed by atoms with van der Waals surface area (Å²) in [6.45, 7) is 2.13. The van der Waals surface area contributed by atoms with Gasteiger partial charge in [-0.05, 0) is 24.1 Å². The first kappa shape index (κ1) is 14.0. The van der Waals surface area contributed by atoms with Crippen LogP contribution in [0, 0.1) is 0 Å². The minimum atomic E-state index is 0.0498. The zero-order valence-corrected chi connectivity index (χ0v) is 10.2. The van der Waals surface area contributed by atoms with Crippen LogP contribution in [0.4, 0.5) is 0 Å². The van der Waals surface area contributed by atoms with E-state index in [9.17, 15) is 0 Å². The Morgan fingerprint density at radius 2 is 1.76 bits per heavy atom. The molecule has 0 fully saturated rings. The maximum atomic E-state index is 8.51. The van der Waals surface area contributed by atoms with E-state index in [1.807, 2.05) is 24.3 Å². The van der Waals surface area contributed by atoms with Crippen LogP contribution in [0.25, 0.3) is 0 Å². The molecule has 1 N–H and O–H groups in total. The van der Waals surface area contributed by atoms with Crippen LogP contribution >= 0.6 is 0 Å². The Bertz CT molecular complexity index is 284. The maximum Gasteiger partial charge on any atom is 0.119 e. The summed E-state index contributed by atoms with van der Waals surface area (Å²) in [7, 11) is 1.70. The van der Waals surface area contributed by atoms with E-state index in [0.717, 1.165) is 18.8 Å². The van der Waals surface area contributed by atoms with Gasteiger partial charge in [-0.15, -0.1) is 0 Å². The molecule has 1 aromatic rings. The van der Waals surface area contributed by atoms with Gasteiger partial charge in [-0.3, -0.25) is 0 Å². The van der Waals surface area contributed by atoms with Crippen molar-refractivity contribution in [2.45, 2.75) is 6.42 Å². The van der Waals surface area contributed by atoms with Crippen molar-refractivity contribution >= 4 is 0 Å². The average molecular weight is 240 g/mol. The lowest BCUT2D eigenvalue weighted by Gasteiger charge is -2.07. The highest BCUT2D eigenvalue weighted by atomic mass is 16.5. The highest BCUT2D eigenvalue weighted by molar-refractivity contribution is 5.27. The summed E-state index contributed by atoms with van der Waals surface area (Å²) in [6, 6.07) is 7.94. The van der Waals surface area contributed by atoms with E-state index in [1.165, 1.54) is 5.56 Å². The lowest BCUT2D eigenvalue weighted by molar-refractivity contribution is 0.0705. The fourth-order valence-corrected chi connectivity index (χ4v) is 1.36. The Labute approximate surface area is 102 Å². The average Bonchev–Trinajstić information content (AvgIpc) is 2.37. The number of hydrogen-bond acceptors (Lipinski definition) is 4. The minimum absolute atomic E-state index is 0.0498. The number of hydrogen-bond donors (Lipinski definition) is 1. The molecule has 4 heteroatoms. The Morgan fingerprint density at radius 1 is 1.00 bits per heavy atom. The van der Waals surface area contributed by atoms with Crippen LogP contribution < -0.4 is 4.74 Å². The summed E-state index contributed by atoms with van der Waals surface area (Å²) in [4.78, 5) is 0. The van der Waals surface area contributed by atoms with Gasteiger partial charge in [-0.2, -0.15) is 0 Å². The van der Waals surface area contributed by atoms with Crippen molar-refractivity contribution < 1.29 is 19.3 Å². The lowest BCUT2D eigenvalue weighted by atomic mass is 10.1. The van der Waals surface area contributed by atoms with Crippen LogP contribution in [-0.2, 0) is 15.9 Å². The molecule has 1 rings (SSSR count). The normalized spacial score (nSPS) is 10.5. The third kappa shape index (κ3) is 6.26. The van der Waals surface area contributed by atoms with Gasteiger partial charge in [0.1, 0.15) is 12.4 Å². The van der Waals surface area contributed by atoms with Gasteiger partial charge in [-0.1, -0.05) is 12.1 Å². The molecule has 0 unspecified atom stereocenters. The molecule has 0 aliphatic rings. The number of ether oxygens (including phenoxy) is 3. The number of rotatable bonds is 9. The van der Waals surface area contributed by atoms with E-state index in [4.69, 9.17) is 19.3 Å². The first-order chi connectivity index (χ1) is 8.36. The third-order valence-corrected chi connectivity index (χ3v) is 2.25. The molecular formula is C13H20O4. The van der Waals surface area contributed by atoms with Gasteiger partial charge in [-0.25, -0.2) is 0 Å². The number of aliphatic hydroxyl groups excluding tert-OH is 1. The summed E-state index contributed by atoms with van der Waals surface area (Å²) in [6.07, 6.45) is 0.913. The van der Waals surface area contributed by atoms with E-state index < -0.39 is 0 Å². The number of benzene rings is 1. The summed E-state index contributed by atoms with van der Waals surface area (Å²) in [5.74, 6) is 0.832. The first-order valence-electron chi connectivity index (χ1n) is 5.76. The minimum Gasteiger partial charge on any atom is -0.491 e. The van der Waals surface area contributed by atoms with Crippen molar-refractivity contribution in [1.82, 2.24) is 0 Å². The Hall–Kier alpha value is -1.10. The molecule has 0 atom stereocenters. The predicted molar refractivity (Wildman–Crippen MR) is 65.4 cm³/mol. The summed E-state index contributed by atoms with van der Waals surface area (Å²) >= 11 is 0. The lowest BCUT2D eigenvalue weighted by Crippen LogP contribution is -2.09. The standard InChI is InChI=1S/C13H20O4/c1-15-8-6-12-2-4-13(5-3-12)17-11-10-16-9-7-14/h2-5,14H,6-11H2,1H3. The van der Waals surface area contributed by atoms with Crippen LogP contribution in [0.1, 0.15) is 5.56 Å². The predicted octanol–water partition coefficient (Wildman–Crippen LogP) is 1.26. The van der Waals surface area contributed by atoms with E-state index in [-0.39, 0.29) is 6.61 Å². The summed E-state index contributed by atoms with van der Waals surface area (Å²) in [5, 5.41) is 8.51. The molecular weight excluding hydrogens is 220 g/mol. The SMILES string of the molecule is COCCc1ccc(OCCOCCO)cc1. The van der Waals surface area contributed by atoms with E-state index >= 15 is 0 Å². The van der Waals surface area contributed by atoms with Crippen LogP contribution in [0.2, 0.25) is 0 Å². The Balaban J connectivity index is 2.20. The molecule has 0 saturated heterocycles. The van der Waals surface area contributed by atoms with Crippen molar-refractivity contribution in [3.63, 3.8) is 0 Å². The molecule has 0 aliphatic heterocycles. The van der Waals surface area contributed by atoms with Crippen molar-refractivity contribution in [2.24, 2.45) is 0 Å². The Morgan fingerprint density at radius 3 is 2.41 bits per heavy atom. The van der Waals surface area contributed by atoms with Crippen molar-refractivity contribution in [2.75, 3.05) is 40.1 Å². The second-order valence-corrected chi connectivity index (χ2v) is 3.57. The van der Waals surface area contributed by atoms with E-state index in [0.29, 0.717) is 19.8 Å². The molecule has 0 aromatic heterocycles. The molecule has 0 saturated carbocycles. The van der Waals surface area contributed by atoms with Crippen LogP contribution in [0.15, 0.2) is 24.3 Å². The fraction of sp³-hybridized carbons (Fsp3) is 0.538. The summed E-state index contributed by atoms with van der Waals surface area (Å²) in [5.41, 5.74) is 1.23. The van der Waals surface area contributed by atoms with E-state index in [2.05, 4.69) is 0 Å². The molecule has 96 valence electrons. The molecule has 0 radical (unpaired) electrons. The number of aliphatic hydroxyl groups is 1. The van der Waals surface area contributed by atoms with Gasteiger partial charge >= 0.3 is 0 Å². The highest BCUT2D eigenvalue weighted by Crippen LogP contribution is 2.12. The second kappa shape index (κ2) is 8.98. The first-order valence-corrected chi connectivity index (χ1v) is 5.76.